The third-order valence-electron chi connectivity index (χ3n) is 4.73. The average Bonchev–Trinajstić information content (AvgIpc) is 3.21. The quantitative estimate of drug-likeness (QED) is 0.476. The van der Waals surface area contributed by atoms with Crippen LogP contribution in [0.15, 0.2) is 72.8 Å². The Morgan fingerprint density at radius 1 is 1.06 bits per heavy atom. The molecular weight excluding hydrogens is 399 g/mol. The Balaban J connectivity index is 1.59. The third kappa shape index (κ3) is 4.42. The van der Waals surface area contributed by atoms with Gasteiger partial charge in [0.1, 0.15) is 11.3 Å². The van der Waals surface area contributed by atoms with Crippen molar-refractivity contribution in [3.05, 3.63) is 89.7 Å². The molecule has 0 unspecified atom stereocenters. The van der Waals surface area contributed by atoms with Crippen LogP contribution in [0, 0.1) is 5.82 Å². The predicted molar refractivity (Wildman–Crippen MR) is 113 cm³/mol. The molecular formula is C23H19FN4O3. The number of hydrogen-bond acceptors (Lipinski definition) is 5. The van der Waals surface area contributed by atoms with Crippen LogP contribution in [-0.2, 0) is 16.1 Å². The number of aromatic nitrogens is 3. The van der Waals surface area contributed by atoms with Crippen molar-refractivity contribution in [1.29, 1.82) is 0 Å². The van der Waals surface area contributed by atoms with Gasteiger partial charge in [-0.25, -0.2) is 13.9 Å². The van der Waals surface area contributed by atoms with E-state index in [-0.39, 0.29) is 5.56 Å². The van der Waals surface area contributed by atoms with Crippen LogP contribution in [-0.4, -0.2) is 26.9 Å². The van der Waals surface area contributed by atoms with Gasteiger partial charge in [0.25, 0.3) is 5.91 Å². The number of esters is 1. The first-order chi connectivity index (χ1) is 15.0. The number of carbonyl (C=O) groups excluding carboxylic acids is 2. The minimum Gasteiger partial charge on any atom is -0.444 e. The first-order valence-electron chi connectivity index (χ1n) is 9.71. The number of anilines is 1. The molecule has 0 saturated heterocycles. The number of rotatable bonds is 6. The van der Waals surface area contributed by atoms with E-state index in [4.69, 9.17) is 4.74 Å². The van der Waals surface area contributed by atoms with Crippen molar-refractivity contribution in [2.24, 2.45) is 0 Å². The van der Waals surface area contributed by atoms with Gasteiger partial charge in [-0.3, -0.25) is 4.79 Å². The number of ether oxygens (including phenoxy) is 1. The summed E-state index contributed by atoms with van der Waals surface area (Å²) in [7, 11) is 0. The summed E-state index contributed by atoms with van der Waals surface area (Å²) in [5, 5.41) is 10.7. The van der Waals surface area contributed by atoms with E-state index in [1.807, 2.05) is 6.92 Å². The second kappa shape index (κ2) is 8.74. The van der Waals surface area contributed by atoms with Crippen molar-refractivity contribution >= 4 is 28.6 Å². The highest BCUT2D eigenvalue weighted by Gasteiger charge is 2.26. The summed E-state index contributed by atoms with van der Waals surface area (Å²) in [6.45, 7) is 2.60. The fourth-order valence-corrected chi connectivity index (χ4v) is 3.15. The normalized spacial score (nSPS) is 11.8. The molecule has 4 aromatic rings. The first-order valence-corrected chi connectivity index (χ1v) is 9.71. The number of nitrogens with one attached hydrogen (secondary N) is 1. The summed E-state index contributed by atoms with van der Waals surface area (Å²) in [6.07, 6.45) is -1.19. The van der Waals surface area contributed by atoms with Gasteiger partial charge < -0.3 is 10.1 Å². The molecule has 0 fully saturated rings. The summed E-state index contributed by atoms with van der Waals surface area (Å²) in [5.74, 6) is -1.64. The van der Waals surface area contributed by atoms with E-state index in [0.717, 1.165) is 5.52 Å². The summed E-state index contributed by atoms with van der Waals surface area (Å²) in [5.41, 5.74) is 2.51. The van der Waals surface area contributed by atoms with Crippen molar-refractivity contribution < 1.29 is 18.7 Å². The van der Waals surface area contributed by atoms with Gasteiger partial charge in [0, 0.05) is 17.8 Å². The zero-order valence-corrected chi connectivity index (χ0v) is 16.7. The Morgan fingerprint density at radius 2 is 1.81 bits per heavy atom. The van der Waals surface area contributed by atoms with Gasteiger partial charge in [-0.15, -0.1) is 5.10 Å². The largest absolute Gasteiger partial charge is 0.444 e. The van der Waals surface area contributed by atoms with E-state index in [1.165, 1.54) is 24.3 Å². The van der Waals surface area contributed by atoms with Gasteiger partial charge in [-0.05, 0) is 49.4 Å². The summed E-state index contributed by atoms with van der Waals surface area (Å²) in [4.78, 5) is 25.8. The van der Waals surface area contributed by atoms with E-state index in [1.54, 1.807) is 53.2 Å². The van der Waals surface area contributed by atoms with Gasteiger partial charge in [-0.2, -0.15) is 0 Å². The Labute approximate surface area is 177 Å². The Kier molecular flexibility index (Phi) is 5.70. The molecule has 0 radical (unpaired) electrons. The molecule has 1 N–H and O–H groups in total. The molecule has 0 saturated carbocycles. The number of benzene rings is 3. The molecule has 31 heavy (non-hydrogen) atoms. The molecule has 156 valence electrons. The zero-order valence-electron chi connectivity index (χ0n) is 16.7. The lowest BCUT2D eigenvalue weighted by atomic mass is 10.1. The number of nitrogens with zero attached hydrogens (tertiary/aromatic N) is 3. The highest BCUT2D eigenvalue weighted by atomic mass is 19.1. The molecule has 0 spiro atoms. The maximum atomic E-state index is 13.1. The highest BCUT2D eigenvalue weighted by Crippen LogP contribution is 2.23. The summed E-state index contributed by atoms with van der Waals surface area (Å²) >= 11 is 0. The van der Waals surface area contributed by atoms with E-state index >= 15 is 0 Å². The molecule has 0 aliphatic carbocycles. The van der Waals surface area contributed by atoms with Crippen LogP contribution in [0.3, 0.4) is 0 Å². The molecule has 3 aromatic carbocycles. The van der Waals surface area contributed by atoms with Crippen LogP contribution in [0.1, 0.15) is 28.9 Å². The number of fused-ring (bicyclic) bond motifs is 1. The number of amides is 1. The first kappa shape index (κ1) is 20.2. The lowest BCUT2D eigenvalue weighted by Crippen LogP contribution is -2.26. The Hall–Kier alpha value is -4.07. The molecule has 1 amide bonds. The molecule has 1 atom stereocenters. The lowest BCUT2D eigenvalue weighted by Gasteiger charge is -2.18. The van der Waals surface area contributed by atoms with Crippen LogP contribution >= 0.6 is 0 Å². The molecule has 0 bridgehead atoms. The Bertz CT molecular complexity index is 1220. The second-order valence-electron chi connectivity index (χ2n) is 6.80. The highest BCUT2D eigenvalue weighted by molar-refractivity contribution is 5.99. The molecule has 4 rings (SSSR count). The number of carbonyl (C=O) groups is 2. The minimum atomic E-state index is -1.19. The maximum Gasteiger partial charge on any atom is 0.339 e. The van der Waals surface area contributed by atoms with Crippen molar-refractivity contribution in [3.8, 4) is 0 Å². The van der Waals surface area contributed by atoms with E-state index in [0.29, 0.717) is 23.3 Å². The summed E-state index contributed by atoms with van der Waals surface area (Å²) in [6, 6.07) is 18.9. The average molecular weight is 418 g/mol. The van der Waals surface area contributed by atoms with E-state index < -0.39 is 23.8 Å². The van der Waals surface area contributed by atoms with Crippen molar-refractivity contribution in [2.45, 2.75) is 19.6 Å². The zero-order chi connectivity index (χ0) is 21.8. The van der Waals surface area contributed by atoms with Crippen LogP contribution in [0.4, 0.5) is 10.1 Å². The third-order valence-corrected chi connectivity index (χ3v) is 4.73. The lowest BCUT2D eigenvalue weighted by molar-refractivity contribution is -0.125. The molecule has 8 heteroatoms. The van der Waals surface area contributed by atoms with Gasteiger partial charge in [0.05, 0.1) is 11.1 Å². The van der Waals surface area contributed by atoms with Crippen molar-refractivity contribution in [3.63, 3.8) is 0 Å². The van der Waals surface area contributed by atoms with Crippen molar-refractivity contribution in [2.75, 3.05) is 5.32 Å². The predicted octanol–water partition coefficient (Wildman–Crippen LogP) is 4.13. The topological polar surface area (TPSA) is 86.1 Å². The molecule has 0 aliphatic heterocycles. The number of aryl methyl sites for hydroxylation is 1. The fourth-order valence-electron chi connectivity index (χ4n) is 3.15. The van der Waals surface area contributed by atoms with Crippen LogP contribution in [0.25, 0.3) is 11.0 Å². The van der Waals surface area contributed by atoms with Crippen LogP contribution in [0.2, 0.25) is 0 Å². The van der Waals surface area contributed by atoms with Crippen LogP contribution < -0.4 is 5.32 Å². The molecule has 1 aromatic heterocycles. The van der Waals surface area contributed by atoms with Crippen LogP contribution in [0.5, 0.6) is 0 Å². The van der Waals surface area contributed by atoms with Gasteiger partial charge in [-0.1, -0.05) is 35.5 Å². The standard InChI is InChI=1S/C23H19FN4O3/c1-2-28-20-13-8-16(14-19(20)26-27-28)23(30)31-21(15-6-4-3-5-7-15)22(29)25-18-11-9-17(24)10-12-18/h3-14,21H,2H2,1H3,(H,25,29)/t21-/m0/s1. The molecule has 0 aliphatic rings. The SMILES string of the molecule is CCn1nnc2cc(C(=O)O[C@H](C(=O)Nc3ccc(F)cc3)c3ccccc3)ccc21. The maximum absolute atomic E-state index is 13.1. The Morgan fingerprint density at radius 3 is 2.52 bits per heavy atom. The van der Waals surface area contributed by atoms with E-state index in [2.05, 4.69) is 15.6 Å². The smallest absolute Gasteiger partial charge is 0.339 e. The number of halogens is 1. The minimum absolute atomic E-state index is 0.256. The molecule has 1 heterocycles. The monoisotopic (exact) mass is 418 g/mol. The molecule has 7 nitrogen and oxygen atoms in total. The summed E-state index contributed by atoms with van der Waals surface area (Å²) < 4.78 is 20.4. The van der Waals surface area contributed by atoms with Gasteiger partial charge >= 0.3 is 5.97 Å². The van der Waals surface area contributed by atoms with E-state index in [9.17, 15) is 14.0 Å². The second-order valence-corrected chi connectivity index (χ2v) is 6.80. The van der Waals surface area contributed by atoms with Gasteiger partial charge in [0.15, 0.2) is 0 Å². The fraction of sp³-hybridized carbons (Fsp3) is 0.130. The number of hydrogen-bond donors (Lipinski definition) is 1. The van der Waals surface area contributed by atoms with Crippen molar-refractivity contribution in [1.82, 2.24) is 15.0 Å². The van der Waals surface area contributed by atoms with Gasteiger partial charge in [0.2, 0.25) is 6.10 Å².